The van der Waals surface area contributed by atoms with Crippen molar-refractivity contribution in [3.8, 4) is 11.4 Å². The SMILES string of the molecule is O=c1cc(O)c(CO)nn1-c1ccc(Cl)c(Cl)c1. The molecule has 18 heavy (non-hydrogen) atoms. The van der Waals surface area contributed by atoms with Crippen molar-refractivity contribution in [1.29, 1.82) is 0 Å². The Kier molecular flexibility index (Phi) is 3.56. The van der Waals surface area contributed by atoms with Crippen molar-refractivity contribution in [2.24, 2.45) is 0 Å². The van der Waals surface area contributed by atoms with Crippen LogP contribution in [0.3, 0.4) is 0 Å². The number of hydrogen-bond acceptors (Lipinski definition) is 4. The molecule has 7 heteroatoms. The molecule has 0 atom stereocenters. The molecule has 0 bridgehead atoms. The van der Waals surface area contributed by atoms with Crippen molar-refractivity contribution < 1.29 is 10.2 Å². The van der Waals surface area contributed by atoms with Gasteiger partial charge in [0.05, 0.1) is 22.3 Å². The lowest BCUT2D eigenvalue weighted by Gasteiger charge is -2.08. The summed E-state index contributed by atoms with van der Waals surface area (Å²) in [6.45, 7) is -0.479. The fraction of sp³-hybridized carbons (Fsp3) is 0.0909. The van der Waals surface area contributed by atoms with Crippen molar-refractivity contribution in [3.63, 3.8) is 0 Å². The molecule has 1 heterocycles. The molecule has 0 fully saturated rings. The Morgan fingerprint density at radius 2 is 1.94 bits per heavy atom. The Morgan fingerprint density at radius 1 is 1.22 bits per heavy atom. The van der Waals surface area contributed by atoms with Crippen molar-refractivity contribution in [1.82, 2.24) is 9.78 Å². The maximum absolute atomic E-state index is 11.7. The van der Waals surface area contributed by atoms with E-state index in [0.717, 1.165) is 10.7 Å². The van der Waals surface area contributed by atoms with Crippen LogP contribution in [0.15, 0.2) is 29.1 Å². The van der Waals surface area contributed by atoms with Crippen LogP contribution in [-0.2, 0) is 6.61 Å². The average Bonchev–Trinajstić information content (AvgIpc) is 2.33. The van der Waals surface area contributed by atoms with Crippen LogP contribution < -0.4 is 5.56 Å². The van der Waals surface area contributed by atoms with E-state index in [-0.39, 0.29) is 16.5 Å². The highest BCUT2D eigenvalue weighted by molar-refractivity contribution is 6.42. The number of hydrogen-bond donors (Lipinski definition) is 2. The van der Waals surface area contributed by atoms with Gasteiger partial charge in [0.15, 0.2) is 0 Å². The first-order valence-electron chi connectivity index (χ1n) is 4.91. The van der Waals surface area contributed by atoms with Gasteiger partial charge in [0.2, 0.25) is 0 Å². The summed E-state index contributed by atoms with van der Waals surface area (Å²) in [5, 5.41) is 22.8. The summed E-state index contributed by atoms with van der Waals surface area (Å²) in [6.07, 6.45) is 0. The largest absolute Gasteiger partial charge is 0.506 e. The molecule has 0 spiro atoms. The van der Waals surface area contributed by atoms with Gasteiger partial charge in [-0.1, -0.05) is 23.2 Å². The lowest BCUT2D eigenvalue weighted by Crippen LogP contribution is -2.21. The fourth-order valence-electron chi connectivity index (χ4n) is 1.40. The van der Waals surface area contributed by atoms with Crippen LogP contribution in [0.1, 0.15) is 5.69 Å². The van der Waals surface area contributed by atoms with E-state index in [1.807, 2.05) is 0 Å². The molecule has 0 unspecified atom stereocenters. The summed E-state index contributed by atoms with van der Waals surface area (Å²) in [5.74, 6) is -0.348. The van der Waals surface area contributed by atoms with E-state index in [2.05, 4.69) is 5.10 Å². The quantitative estimate of drug-likeness (QED) is 0.882. The first-order valence-corrected chi connectivity index (χ1v) is 5.67. The Labute approximate surface area is 112 Å². The Morgan fingerprint density at radius 3 is 2.56 bits per heavy atom. The predicted octanol–water partition coefficient (Wildman–Crippen LogP) is 1.74. The smallest absolute Gasteiger partial charge is 0.275 e. The van der Waals surface area contributed by atoms with Crippen LogP contribution in [0.4, 0.5) is 0 Å². The first-order chi connectivity index (χ1) is 8.52. The minimum absolute atomic E-state index is 0.000623. The number of aliphatic hydroxyl groups excluding tert-OH is 1. The van der Waals surface area contributed by atoms with Gasteiger partial charge in [-0.15, -0.1) is 0 Å². The first kappa shape index (κ1) is 12.9. The summed E-state index contributed by atoms with van der Waals surface area (Å²) in [4.78, 5) is 11.7. The van der Waals surface area contributed by atoms with Crippen LogP contribution in [0.2, 0.25) is 10.0 Å². The van der Waals surface area contributed by atoms with Crippen LogP contribution in [-0.4, -0.2) is 20.0 Å². The standard InChI is InChI=1S/C11H8Cl2N2O3/c12-7-2-1-6(3-8(7)13)15-11(18)4-10(17)9(5-16)14-15/h1-4,16-17H,5H2. The fourth-order valence-corrected chi connectivity index (χ4v) is 1.69. The molecular formula is C11H8Cl2N2O3. The number of nitrogens with zero attached hydrogens (tertiary/aromatic N) is 2. The lowest BCUT2D eigenvalue weighted by atomic mass is 10.3. The number of aromatic nitrogens is 2. The van der Waals surface area contributed by atoms with Crippen LogP contribution in [0.5, 0.6) is 5.75 Å². The molecule has 0 radical (unpaired) electrons. The molecule has 0 saturated carbocycles. The van der Waals surface area contributed by atoms with Gasteiger partial charge in [0.1, 0.15) is 11.4 Å². The normalized spacial score (nSPS) is 10.6. The molecule has 1 aromatic heterocycles. The third kappa shape index (κ3) is 2.33. The highest BCUT2D eigenvalue weighted by atomic mass is 35.5. The highest BCUT2D eigenvalue weighted by Gasteiger charge is 2.09. The van der Waals surface area contributed by atoms with E-state index >= 15 is 0 Å². The van der Waals surface area contributed by atoms with Crippen molar-refractivity contribution in [2.75, 3.05) is 0 Å². The monoisotopic (exact) mass is 286 g/mol. The summed E-state index contributed by atoms with van der Waals surface area (Å²) < 4.78 is 1.02. The Balaban J connectivity index is 2.63. The molecule has 0 aliphatic carbocycles. The van der Waals surface area contributed by atoms with E-state index < -0.39 is 12.2 Å². The van der Waals surface area contributed by atoms with E-state index in [9.17, 15) is 9.90 Å². The van der Waals surface area contributed by atoms with E-state index in [4.69, 9.17) is 28.3 Å². The zero-order chi connectivity index (χ0) is 13.3. The summed E-state index contributed by atoms with van der Waals surface area (Å²) in [7, 11) is 0. The summed E-state index contributed by atoms with van der Waals surface area (Å²) in [5.41, 5.74) is -0.145. The molecule has 5 nitrogen and oxygen atoms in total. The van der Waals surface area contributed by atoms with Gasteiger partial charge >= 0.3 is 0 Å². The number of benzene rings is 1. The molecule has 0 aliphatic rings. The van der Waals surface area contributed by atoms with Gasteiger partial charge in [0.25, 0.3) is 5.56 Å². The zero-order valence-electron chi connectivity index (χ0n) is 8.97. The molecular weight excluding hydrogens is 279 g/mol. The van der Waals surface area contributed by atoms with E-state index in [1.54, 1.807) is 6.07 Å². The highest BCUT2D eigenvalue weighted by Crippen LogP contribution is 2.24. The molecule has 2 N–H and O–H groups in total. The van der Waals surface area contributed by atoms with Gasteiger partial charge in [-0.05, 0) is 18.2 Å². The van der Waals surface area contributed by atoms with Gasteiger partial charge < -0.3 is 10.2 Å². The lowest BCUT2D eigenvalue weighted by molar-refractivity contribution is 0.266. The third-order valence-corrected chi connectivity index (χ3v) is 3.02. The molecule has 0 aliphatic heterocycles. The van der Waals surface area contributed by atoms with Crippen LogP contribution in [0.25, 0.3) is 5.69 Å². The molecule has 2 aromatic rings. The molecule has 2 rings (SSSR count). The Hall–Kier alpha value is -1.56. The maximum Gasteiger partial charge on any atom is 0.275 e. The molecule has 0 saturated heterocycles. The van der Waals surface area contributed by atoms with Gasteiger partial charge in [-0.2, -0.15) is 9.78 Å². The third-order valence-electron chi connectivity index (χ3n) is 2.28. The number of halogens is 2. The van der Waals surface area contributed by atoms with Crippen LogP contribution in [0, 0.1) is 0 Å². The average molecular weight is 287 g/mol. The minimum atomic E-state index is -0.539. The van der Waals surface area contributed by atoms with Crippen molar-refractivity contribution >= 4 is 23.2 Å². The van der Waals surface area contributed by atoms with Crippen molar-refractivity contribution in [3.05, 3.63) is 50.4 Å². The second-order valence-electron chi connectivity index (χ2n) is 3.48. The number of aromatic hydroxyl groups is 1. The van der Waals surface area contributed by atoms with E-state index in [0.29, 0.717) is 10.7 Å². The second-order valence-corrected chi connectivity index (χ2v) is 4.30. The molecule has 0 amide bonds. The zero-order valence-corrected chi connectivity index (χ0v) is 10.5. The topological polar surface area (TPSA) is 75.3 Å². The number of rotatable bonds is 2. The van der Waals surface area contributed by atoms with E-state index in [1.165, 1.54) is 12.1 Å². The molecule has 1 aromatic carbocycles. The number of aliphatic hydroxyl groups is 1. The van der Waals surface area contributed by atoms with Gasteiger partial charge in [-0.3, -0.25) is 4.79 Å². The second kappa shape index (κ2) is 4.97. The minimum Gasteiger partial charge on any atom is -0.506 e. The Bertz CT molecular complexity index is 655. The predicted molar refractivity (Wildman–Crippen MR) is 67.4 cm³/mol. The molecule has 94 valence electrons. The summed E-state index contributed by atoms with van der Waals surface area (Å²) >= 11 is 11.6. The van der Waals surface area contributed by atoms with Gasteiger partial charge in [-0.25, -0.2) is 0 Å². The van der Waals surface area contributed by atoms with Crippen LogP contribution >= 0.6 is 23.2 Å². The van der Waals surface area contributed by atoms with Crippen molar-refractivity contribution in [2.45, 2.75) is 6.61 Å². The van der Waals surface area contributed by atoms with Gasteiger partial charge in [0, 0.05) is 6.07 Å². The summed E-state index contributed by atoms with van der Waals surface area (Å²) in [6, 6.07) is 5.52. The maximum atomic E-state index is 11.7.